The minimum atomic E-state index is -0.0821. The largest absolute Gasteiger partial charge is 0.488 e. The molecule has 32 heavy (non-hydrogen) atoms. The van der Waals surface area contributed by atoms with Crippen LogP contribution in [-0.2, 0) is 16.1 Å². The summed E-state index contributed by atoms with van der Waals surface area (Å²) in [5, 5.41) is 3.64. The molecular weight excluding hydrogens is 444 g/mol. The summed E-state index contributed by atoms with van der Waals surface area (Å²) in [5.74, 6) is 0.664. The number of thiazole rings is 1. The van der Waals surface area contributed by atoms with E-state index in [1.807, 2.05) is 42.6 Å². The second-order valence-corrected chi connectivity index (χ2v) is 9.16. The first kappa shape index (κ1) is 22.6. The molecule has 4 rings (SSSR count). The lowest BCUT2D eigenvalue weighted by Crippen LogP contribution is -2.36. The van der Waals surface area contributed by atoms with Crippen molar-refractivity contribution < 1.29 is 14.3 Å². The lowest BCUT2D eigenvalue weighted by atomic mass is 9.97. The lowest BCUT2D eigenvalue weighted by Gasteiger charge is -2.30. The molecule has 1 saturated heterocycles. The molecule has 7 heteroatoms. The van der Waals surface area contributed by atoms with Gasteiger partial charge in [-0.15, -0.1) is 11.3 Å². The van der Waals surface area contributed by atoms with Crippen molar-refractivity contribution in [3.63, 3.8) is 0 Å². The Labute approximate surface area is 198 Å². The molecule has 1 fully saturated rings. The predicted molar refractivity (Wildman–Crippen MR) is 130 cm³/mol. The number of hydrogen-bond acceptors (Lipinski definition) is 6. The number of esters is 1. The van der Waals surface area contributed by atoms with Crippen molar-refractivity contribution in [1.29, 1.82) is 0 Å². The van der Waals surface area contributed by atoms with Gasteiger partial charge >= 0.3 is 5.97 Å². The second kappa shape index (κ2) is 10.4. The molecular formula is C25H27ClN2O3S. The topological polar surface area (TPSA) is 51.7 Å². The second-order valence-electron chi connectivity index (χ2n) is 7.88. The fourth-order valence-electron chi connectivity index (χ4n) is 3.86. The Hall–Kier alpha value is -2.57. The van der Waals surface area contributed by atoms with Crippen LogP contribution in [0.1, 0.15) is 30.9 Å². The zero-order valence-electron chi connectivity index (χ0n) is 18.3. The maximum atomic E-state index is 12.0. The van der Waals surface area contributed by atoms with Crippen molar-refractivity contribution in [3.05, 3.63) is 64.0 Å². The van der Waals surface area contributed by atoms with Gasteiger partial charge in [-0.1, -0.05) is 35.9 Å². The summed E-state index contributed by atoms with van der Waals surface area (Å²) in [6.45, 7) is 6.44. The van der Waals surface area contributed by atoms with Gasteiger partial charge in [-0.2, -0.15) is 0 Å². The molecule has 2 heterocycles. The Kier molecular flexibility index (Phi) is 7.33. The van der Waals surface area contributed by atoms with Gasteiger partial charge in [0.15, 0.2) is 5.13 Å². The number of aromatic nitrogens is 1. The average Bonchev–Trinajstić information content (AvgIpc) is 3.29. The van der Waals surface area contributed by atoms with E-state index in [1.165, 1.54) is 5.56 Å². The molecule has 0 radical (unpaired) electrons. The maximum absolute atomic E-state index is 12.0. The van der Waals surface area contributed by atoms with Gasteiger partial charge in [-0.05, 0) is 56.0 Å². The molecule has 1 aliphatic rings. The third-order valence-corrected chi connectivity index (χ3v) is 6.88. The van der Waals surface area contributed by atoms with E-state index in [1.54, 1.807) is 11.3 Å². The molecule has 5 nitrogen and oxygen atoms in total. The number of benzene rings is 2. The highest BCUT2D eigenvalue weighted by Crippen LogP contribution is 2.36. The van der Waals surface area contributed by atoms with Crippen molar-refractivity contribution in [2.24, 2.45) is 5.92 Å². The smallest absolute Gasteiger partial charge is 0.309 e. The van der Waals surface area contributed by atoms with E-state index in [2.05, 4.69) is 24.0 Å². The number of ether oxygens (including phenoxy) is 2. The van der Waals surface area contributed by atoms with Crippen LogP contribution in [0.5, 0.6) is 5.75 Å². The summed E-state index contributed by atoms with van der Waals surface area (Å²) in [7, 11) is 0. The van der Waals surface area contributed by atoms with Gasteiger partial charge in [0, 0.05) is 29.1 Å². The first-order chi connectivity index (χ1) is 15.5. The van der Waals surface area contributed by atoms with E-state index in [-0.39, 0.29) is 11.9 Å². The van der Waals surface area contributed by atoms with Crippen LogP contribution >= 0.6 is 22.9 Å². The SMILES string of the molecule is CCOC(=O)C1CCN(c2nc(-c3cc(Cl)ccc3OCc3ccccc3C)cs2)CC1. The van der Waals surface area contributed by atoms with Crippen LogP contribution in [0.15, 0.2) is 47.8 Å². The minimum absolute atomic E-state index is 0.0139. The highest BCUT2D eigenvalue weighted by atomic mass is 35.5. The maximum Gasteiger partial charge on any atom is 0.309 e. The van der Waals surface area contributed by atoms with Gasteiger partial charge in [-0.25, -0.2) is 4.98 Å². The molecule has 0 saturated carbocycles. The Morgan fingerprint density at radius 1 is 1.22 bits per heavy atom. The fraction of sp³-hybridized carbons (Fsp3) is 0.360. The van der Waals surface area contributed by atoms with Crippen LogP contribution in [0.25, 0.3) is 11.3 Å². The standard InChI is InChI=1S/C25H27ClN2O3S/c1-3-30-24(29)18-10-12-28(13-11-18)25-27-22(16-32-25)21-14-20(26)8-9-23(21)31-15-19-7-5-4-6-17(19)2/h4-9,14,16,18H,3,10-13,15H2,1-2H3. The quantitative estimate of drug-likeness (QED) is 0.389. The summed E-state index contributed by atoms with van der Waals surface area (Å²) >= 11 is 7.90. The van der Waals surface area contributed by atoms with Crippen molar-refractivity contribution in [2.75, 3.05) is 24.6 Å². The van der Waals surface area contributed by atoms with Gasteiger partial charge in [0.25, 0.3) is 0 Å². The first-order valence-corrected chi connectivity index (χ1v) is 12.1. The summed E-state index contributed by atoms with van der Waals surface area (Å²) in [5.41, 5.74) is 4.08. The highest BCUT2D eigenvalue weighted by Gasteiger charge is 2.27. The fourth-order valence-corrected chi connectivity index (χ4v) is 4.91. The Balaban J connectivity index is 1.47. The predicted octanol–water partition coefficient (Wildman–Crippen LogP) is 6.13. The van der Waals surface area contributed by atoms with E-state index in [4.69, 9.17) is 26.1 Å². The van der Waals surface area contributed by atoms with Crippen LogP contribution in [0.4, 0.5) is 5.13 Å². The number of rotatable bonds is 7. The van der Waals surface area contributed by atoms with Crippen LogP contribution in [0, 0.1) is 12.8 Å². The van der Waals surface area contributed by atoms with Gasteiger partial charge in [0.2, 0.25) is 0 Å². The molecule has 3 aromatic rings. The van der Waals surface area contributed by atoms with Crippen molar-refractivity contribution in [1.82, 2.24) is 4.98 Å². The molecule has 0 unspecified atom stereocenters. The van der Waals surface area contributed by atoms with Gasteiger partial charge in [-0.3, -0.25) is 4.79 Å². The van der Waals surface area contributed by atoms with E-state index >= 15 is 0 Å². The molecule has 0 bridgehead atoms. The molecule has 0 atom stereocenters. The number of nitrogens with zero attached hydrogens (tertiary/aromatic N) is 2. The van der Waals surface area contributed by atoms with Crippen molar-refractivity contribution in [2.45, 2.75) is 33.3 Å². The number of carbonyl (C=O) groups excluding carboxylic acids is 1. The molecule has 2 aromatic carbocycles. The van der Waals surface area contributed by atoms with Crippen LogP contribution < -0.4 is 9.64 Å². The summed E-state index contributed by atoms with van der Waals surface area (Å²) in [6, 6.07) is 13.8. The minimum Gasteiger partial charge on any atom is -0.488 e. The van der Waals surface area contributed by atoms with Crippen molar-refractivity contribution in [3.8, 4) is 17.0 Å². The molecule has 1 aromatic heterocycles. The van der Waals surface area contributed by atoms with E-state index < -0.39 is 0 Å². The third-order valence-electron chi connectivity index (χ3n) is 5.74. The summed E-state index contributed by atoms with van der Waals surface area (Å²) in [4.78, 5) is 19.1. The molecule has 1 aliphatic heterocycles. The first-order valence-electron chi connectivity index (χ1n) is 10.9. The van der Waals surface area contributed by atoms with Crippen molar-refractivity contribution >= 4 is 34.0 Å². The molecule has 0 aliphatic carbocycles. The number of carbonyl (C=O) groups is 1. The normalized spacial score (nSPS) is 14.4. The Bertz CT molecular complexity index is 1080. The van der Waals surface area contributed by atoms with Crippen LogP contribution in [0.2, 0.25) is 5.02 Å². The van der Waals surface area contributed by atoms with Crippen LogP contribution in [0.3, 0.4) is 0 Å². The molecule has 0 amide bonds. The van der Waals surface area contributed by atoms with Gasteiger partial charge in [0.1, 0.15) is 12.4 Å². The number of aryl methyl sites for hydroxylation is 1. The van der Waals surface area contributed by atoms with E-state index in [0.717, 1.165) is 53.6 Å². The van der Waals surface area contributed by atoms with Gasteiger partial charge < -0.3 is 14.4 Å². The van der Waals surface area contributed by atoms with Gasteiger partial charge in [0.05, 0.1) is 18.2 Å². The van der Waals surface area contributed by atoms with E-state index in [0.29, 0.717) is 18.2 Å². The summed E-state index contributed by atoms with van der Waals surface area (Å²) < 4.78 is 11.3. The molecule has 168 valence electrons. The average molecular weight is 471 g/mol. The Morgan fingerprint density at radius 2 is 2.00 bits per heavy atom. The third kappa shape index (κ3) is 5.25. The van der Waals surface area contributed by atoms with Crippen LogP contribution in [-0.4, -0.2) is 30.6 Å². The van der Waals surface area contributed by atoms with E-state index in [9.17, 15) is 4.79 Å². The zero-order valence-corrected chi connectivity index (χ0v) is 19.9. The highest BCUT2D eigenvalue weighted by molar-refractivity contribution is 7.14. The molecule has 0 spiro atoms. The summed E-state index contributed by atoms with van der Waals surface area (Å²) in [6.07, 6.45) is 1.57. The number of anilines is 1. The number of hydrogen-bond donors (Lipinski definition) is 0. The molecule has 0 N–H and O–H groups in total. The zero-order chi connectivity index (χ0) is 22.5. The monoisotopic (exact) mass is 470 g/mol. The number of piperidine rings is 1. The number of halogens is 1. The Morgan fingerprint density at radius 3 is 2.75 bits per heavy atom. The lowest BCUT2D eigenvalue weighted by molar-refractivity contribution is -0.148.